The fourth-order valence-electron chi connectivity index (χ4n) is 3.10. The van der Waals surface area contributed by atoms with E-state index in [0.29, 0.717) is 5.69 Å². The number of para-hydroxylation sites is 1. The van der Waals surface area contributed by atoms with Crippen molar-refractivity contribution in [2.75, 3.05) is 4.90 Å². The molecule has 126 valence electrons. The molecule has 1 amide bonds. The SMILES string of the molecule is CC1(C)C(=O)N(Cc2c(F)cccc2C(F)(F)F)c2ccccc21. The Kier molecular flexibility index (Phi) is 3.66. The standard InChI is InChI=1S/C18H15F4NO/c1-17(2)13-6-3-4-9-15(13)23(16(17)24)10-11-12(18(20,21)22)7-5-8-14(11)19/h3-9H,10H2,1-2H3. The average molecular weight is 337 g/mol. The lowest BCUT2D eigenvalue weighted by Gasteiger charge is -2.22. The average Bonchev–Trinajstić information content (AvgIpc) is 2.69. The van der Waals surface area contributed by atoms with Gasteiger partial charge in [-0.3, -0.25) is 4.79 Å². The molecule has 6 heteroatoms. The maximum atomic E-state index is 14.1. The smallest absolute Gasteiger partial charge is 0.307 e. The third-order valence-corrected chi connectivity index (χ3v) is 4.39. The lowest BCUT2D eigenvalue weighted by Crippen LogP contribution is -2.36. The lowest BCUT2D eigenvalue weighted by atomic mass is 9.86. The van der Waals surface area contributed by atoms with Crippen molar-refractivity contribution >= 4 is 11.6 Å². The molecule has 0 fully saturated rings. The van der Waals surface area contributed by atoms with Crippen LogP contribution in [0.2, 0.25) is 0 Å². The number of amides is 1. The minimum Gasteiger partial charge on any atom is -0.307 e. The molecule has 24 heavy (non-hydrogen) atoms. The molecule has 0 saturated heterocycles. The number of nitrogens with zero attached hydrogens (tertiary/aromatic N) is 1. The van der Waals surface area contributed by atoms with Gasteiger partial charge in [0.1, 0.15) is 5.82 Å². The van der Waals surface area contributed by atoms with E-state index in [0.717, 1.165) is 23.8 Å². The second-order valence-corrected chi connectivity index (χ2v) is 6.30. The van der Waals surface area contributed by atoms with Crippen LogP contribution in [0.5, 0.6) is 0 Å². The van der Waals surface area contributed by atoms with Gasteiger partial charge in [-0.2, -0.15) is 13.2 Å². The van der Waals surface area contributed by atoms with Gasteiger partial charge in [-0.25, -0.2) is 4.39 Å². The van der Waals surface area contributed by atoms with E-state index in [1.807, 2.05) is 0 Å². The number of alkyl halides is 3. The van der Waals surface area contributed by atoms with Crippen LogP contribution in [0, 0.1) is 5.82 Å². The molecule has 0 atom stereocenters. The van der Waals surface area contributed by atoms with Gasteiger partial charge in [0.05, 0.1) is 17.5 Å². The van der Waals surface area contributed by atoms with E-state index in [9.17, 15) is 22.4 Å². The molecule has 0 aliphatic carbocycles. The van der Waals surface area contributed by atoms with E-state index in [-0.39, 0.29) is 5.91 Å². The van der Waals surface area contributed by atoms with Gasteiger partial charge in [-0.05, 0) is 37.6 Å². The third-order valence-electron chi connectivity index (χ3n) is 4.39. The summed E-state index contributed by atoms with van der Waals surface area (Å²) in [7, 11) is 0. The molecule has 0 aromatic heterocycles. The Balaban J connectivity index is 2.09. The van der Waals surface area contributed by atoms with Crippen LogP contribution in [0.1, 0.15) is 30.5 Å². The molecule has 2 aromatic rings. The Labute approximate surface area is 136 Å². The first-order chi connectivity index (χ1) is 11.1. The van der Waals surface area contributed by atoms with Crippen LogP contribution < -0.4 is 4.90 Å². The monoisotopic (exact) mass is 337 g/mol. The van der Waals surface area contributed by atoms with Crippen LogP contribution in [-0.2, 0) is 22.9 Å². The maximum absolute atomic E-state index is 14.1. The van der Waals surface area contributed by atoms with Gasteiger partial charge in [0.25, 0.3) is 0 Å². The molecule has 3 rings (SSSR count). The van der Waals surface area contributed by atoms with Crippen LogP contribution in [-0.4, -0.2) is 5.91 Å². The number of hydrogen-bond donors (Lipinski definition) is 0. The van der Waals surface area contributed by atoms with Crippen molar-refractivity contribution in [3.63, 3.8) is 0 Å². The van der Waals surface area contributed by atoms with Crippen molar-refractivity contribution in [3.8, 4) is 0 Å². The zero-order valence-corrected chi connectivity index (χ0v) is 13.1. The van der Waals surface area contributed by atoms with Gasteiger partial charge in [-0.15, -0.1) is 0 Å². The molecule has 1 aliphatic heterocycles. The molecule has 0 N–H and O–H groups in total. The minimum absolute atomic E-state index is 0.347. The van der Waals surface area contributed by atoms with E-state index in [1.165, 1.54) is 4.90 Å². The Morgan fingerprint density at radius 1 is 1.04 bits per heavy atom. The first-order valence-electron chi connectivity index (χ1n) is 7.40. The highest BCUT2D eigenvalue weighted by Gasteiger charge is 2.44. The second kappa shape index (κ2) is 5.33. The van der Waals surface area contributed by atoms with Gasteiger partial charge >= 0.3 is 6.18 Å². The number of anilines is 1. The van der Waals surface area contributed by atoms with E-state index in [1.54, 1.807) is 38.1 Å². The molecule has 2 aromatic carbocycles. The first kappa shape index (κ1) is 16.5. The van der Waals surface area contributed by atoms with Gasteiger partial charge < -0.3 is 4.90 Å². The molecule has 2 nitrogen and oxygen atoms in total. The quantitative estimate of drug-likeness (QED) is 0.729. The van der Waals surface area contributed by atoms with Crippen molar-refractivity contribution in [2.24, 2.45) is 0 Å². The Morgan fingerprint density at radius 2 is 1.71 bits per heavy atom. The van der Waals surface area contributed by atoms with Crippen molar-refractivity contribution < 1.29 is 22.4 Å². The molecule has 0 radical (unpaired) electrons. The number of halogens is 4. The Hall–Kier alpha value is -2.37. The summed E-state index contributed by atoms with van der Waals surface area (Å²) in [5, 5.41) is 0. The zero-order chi connectivity index (χ0) is 17.7. The minimum atomic E-state index is -4.69. The van der Waals surface area contributed by atoms with Crippen molar-refractivity contribution in [2.45, 2.75) is 32.0 Å². The van der Waals surface area contributed by atoms with Gasteiger partial charge in [0, 0.05) is 11.3 Å². The van der Waals surface area contributed by atoms with Crippen LogP contribution in [0.25, 0.3) is 0 Å². The normalized spacial score (nSPS) is 16.4. The summed E-state index contributed by atoms with van der Waals surface area (Å²) >= 11 is 0. The second-order valence-electron chi connectivity index (χ2n) is 6.30. The number of hydrogen-bond acceptors (Lipinski definition) is 1. The molecule has 1 heterocycles. The molecule has 0 bridgehead atoms. The predicted octanol–water partition coefficient (Wildman–Crippen LogP) is 4.67. The largest absolute Gasteiger partial charge is 0.416 e. The topological polar surface area (TPSA) is 20.3 Å². The van der Waals surface area contributed by atoms with Gasteiger partial charge in [0.2, 0.25) is 5.91 Å². The fraction of sp³-hybridized carbons (Fsp3) is 0.278. The molecule has 1 aliphatic rings. The van der Waals surface area contributed by atoms with E-state index in [4.69, 9.17) is 0 Å². The summed E-state index contributed by atoms with van der Waals surface area (Å²) in [5.41, 5.74) is -1.20. The fourth-order valence-corrected chi connectivity index (χ4v) is 3.10. The molecular weight excluding hydrogens is 322 g/mol. The molecule has 0 unspecified atom stereocenters. The number of carbonyl (C=O) groups excluding carboxylic acids is 1. The first-order valence-corrected chi connectivity index (χ1v) is 7.40. The summed E-state index contributed by atoms with van der Waals surface area (Å²) < 4.78 is 53.6. The third kappa shape index (κ3) is 2.46. The van der Waals surface area contributed by atoms with E-state index < -0.39 is 35.1 Å². The number of carbonyl (C=O) groups is 1. The summed E-state index contributed by atoms with van der Waals surface area (Å²) in [6.45, 7) is 2.96. The zero-order valence-electron chi connectivity index (χ0n) is 13.1. The number of fused-ring (bicyclic) bond motifs is 1. The summed E-state index contributed by atoms with van der Waals surface area (Å²) in [6.07, 6.45) is -4.69. The maximum Gasteiger partial charge on any atom is 0.416 e. The summed E-state index contributed by atoms with van der Waals surface area (Å²) in [6, 6.07) is 9.72. The van der Waals surface area contributed by atoms with Gasteiger partial charge in [-0.1, -0.05) is 24.3 Å². The highest BCUT2D eigenvalue weighted by atomic mass is 19.4. The van der Waals surface area contributed by atoms with E-state index >= 15 is 0 Å². The Morgan fingerprint density at radius 3 is 2.38 bits per heavy atom. The molecule has 0 spiro atoms. The molecular formula is C18H15F4NO. The highest BCUT2D eigenvalue weighted by molar-refractivity contribution is 6.07. The van der Waals surface area contributed by atoms with Crippen molar-refractivity contribution in [1.82, 2.24) is 0 Å². The van der Waals surface area contributed by atoms with Crippen molar-refractivity contribution in [1.29, 1.82) is 0 Å². The van der Waals surface area contributed by atoms with Crippen LogP contribution in [0.4, 0.5) is 23.2 Å². The Bertz CT molecular complexity index is 811. The van der Waals surface area contributed by atoms with Crippen LogP contribution in [0.3, 0.4) is 0 Å². The summed E-state index contributed by atoms with van der Waals surface area (Å²) in [5.74, 6) is -1.32. The van der Waals surface area contributed by atoms with Gasteiger partial charge in [0.15, 0.2) is 0 Å². The van der Waals surface area contributed by atoms with Crippen LogP contribution in [0.15, 0.2) is 42.5 Å². The van der Waals surface area contributed by atoms with E-state index in [2.05, 4.69) is 0 Å². The predicted molar refractivity (Wildman–Crippen MR) is 82.1 cm³/mol. The lowest BCUT2D eigenvalue weighted by molar-refractivity contribution is -0.138. The number of rotatable bonds is 2. The highest BCUT2D eigenvalue weighted by Crippen LogP contribution is 2.43. The number of benzene rings is 2. The molecule has 0 saturated carbocycles. The van der Waals surface area contributed by atoms with Crippen LogP contribution >= 0.6 is 0 Å². The summed E-state index contributed by atoms with van der Waals surface area (Å²) in [4.78, 5) is 13.9. The van der Waals surface area contributed by atoms with Crippen molar-refractivity contribution in [3.05, 3.63) is 65.0 Å².